The first-order valence-corrected chi connectivity index (χ1v) is 11.0. The van der Waals surface area contributed by atoms with E-state index in [1.165, 1.54) is 0 Å². The maximum absolute atomic E-state index is 12.9. The average Bonchev–Trinajstić information content (AvgIpc) is 2.85. The number of hydrazone groups is 1. The number of aliphatic carboxylic acids is 1. The van der Waals surface area contributed by atoms with E-state index in [2.05, 4.69) is 21.1 Å². The molecule has 13 heteroatoms. The van der Waals surface area contributed by atoms with E-state index in [1.807, 2.05) is 6.07 Å². The zero-order valence-corrected chi connectivity index (χ0v) is 19.3. The van der Waals surface area contributed by atoms with Gasteiger partial charge in [0.05, 0.1) is 0 Å². The maximum atomic E-state index is 12.9. The predicted molar refractivity (Wildman–Crippen MR) is 129 cm³/mol. The first-order chi connectivity index (χ1) is 17.2. The number of amides is 2. The highest BCUT2D eigenvalue weighted by Gasteiger charge is 2.27. The van der Waals surface area contributed by atoms with Crippen molar-refractivity contribution in [3.63, 3.8) is 0 Å². The lowest BCUT2D eigenvalue weighted by atomic mass is 10.0. The molecule has 192 valence electrons. The summed E-state index contributed by atoms with van der Waals surface area (Å²) in [6.07, 6.45) is -0.525. The van der Waals surface area contributed by atoms with Crippen molar-refractivity contribution in [2.45, 2.75) is 38.0 Å². The second kappa shape index (κ2) is 14.6. The largest absolute Gasteiger partial charge is 0.480 e. The van der Waals surface area contributed by atoms with Crippen LogP contribution >= 0.6 is 0 Å². The number of nitrogens with zero attached hydrogens (tertiary/aromatic N) is 2. The van der Waals surface area contributed by atoms with Crippen LogP contribution in [0.3, 0.4) is 0 Å². The maximum Gasteiger partial charge on any atom is 0.408 e. The van der Waals surface area contributed by atoms with E-state index in [4.69, 9.17) is 10.5 Å². The number of nitro groups is 1. The number of ether oxygens (including phenoxy) is 1. The molecule has 0 aliphatic heterocycles. The number of benzene rings is 2. The van der Waals surface area contributed by atoms with Crippen LogP contribution in [0.2, 0.25) is 0 Å². The summed E-state index contributed by atoms with van der Waals surface area (Å²) in [5, 5.41) is 29.3. The van der Waals surface area contributed by atoms with Gasteiger partial charge in [0.1, 0.15) is 23.8 Å². The molecule has 2 aromatic carbocycles. The monoisotopic (exact) mass is 500 g/mol. The number of carboxylic acids is 1. The summed E-state index contributed by atoms with van der Waals surface area (Å²) >= 11 is 0. The molecule has 0 bridgehead atoms. The van der Waals surface area contributed by atoms with Gasteiger partial charge >= 0.3 is 12.1 Å². The Balaban J connectivity index is 2.01. The minimum absolute atomic E-state index is 0.0256. The van der Waals surface area contributed by atoms with Crippen molar-refractivity contribution in [2.75, 3.05) is 6.54 Å². The van der Waals surface area contributed by atoms with Gasteiger partial charge in [0.25, 0.3) is 5.96 Å². The third-order valence-electron chi connectivity index (χ3n) is 4.88. The lowest BCUT2D eigenvalue weighted by Crippen LogP contribution is -2.52. The molecular formula is C23H28N6O7. The van der Waals surface area contributed by atoms with Gasteiger partial charge in [-0.05, 0) is 24.0 Å². The topological polar surface area (TPSA) is 198 Å². The normalized spacial score (nSPS) is 12.6. The van der Waals surface area contributed by atoms with Gasteiger partial charge in [0.15, 0.2) is 5.03 Å². The Morgan fingerprint density at radius 2 is 1.61 bits per heavy atom. The molecule has 0 aliphatic rings. The van der Waals surface area contributed by atoms with Crippen molar-refractivity contribution in [2.24, 2.45) is 10.8 Å². The van der Waals surface area contributed by atoms with Crippen LogP contribution in [0.15, 0.2) is 65.8 Å². The zero-order valence-electron chi connectivity index (χ0n) is 19.3. The number of nitrogens with one attached hydrogen (secondary N) is 3. The van der Waals surface area contributed by atoms with Crippen LogP contribution in [-0.4, -0.2) is 52.7 Å². The van der Waals surface area contributed by atoms with Gasteiger partial charge in [-0.2, -0.15) is 0 Å². The highest BCUT2D eigenvalue weighted by molar-refractivity contribution is 5.89. The van der Waals surface area contributed by atoms with Crippen LogP contribution in [0, 0.1) is 10.1 Å². The first kappa shape index (κ1) is 27.6. The molecule has 1 unspecified atom stereocenters. The fourth-order valence-electron chi connectivity index (χ4n) is 3.14. The predicted octanol–water partition coefficient (Wildman–Crippen LogP) is 0.970. The summed E-state index contributed by atoms with van der Waals surface area (Å²) in [6, 6.07) is 15.3. The van der Waals surface area contributed by atoms with E-state index in [1.54, 1.807) is 54.6 Å². The van der Waals surface area contributed by atoms with Crippen molar-refractivity contribution < 1.29 is 29.3 Å². The van der Waals surface area contributed by atoms with Crippen LogP contribution in [0.1, 0.15) is 24.0 Å². The minimum atomic E-state index is -1.23. The van der Waals surface area contributed by atoms with E-state index in [9.17, 15) is 29.6 Å². The fraction of sp³-hybridized carbons (Fsp3) is 0.304. The van der Waals surface area contributed by atoms with E-state index in [0.717, 1.165) is 5.56 Å². The molecule has 0 saturated carbocycles. The van der Waals surface area contributed by atoms with Crippen molar-refractivity contribution in [1.29, 1.82) is 0 Å². The van der Waals surface area contributed by atoms with Crippen molar-refractivity contribution in [3.8, 4) is 0 Å². The Bertz CT molecular complexity index is 1050. The molecule has 2 amide bonds. The molecule has 0 fully saturated rings. The lowest BCUT2D eigenvalue weighted by molar-refractivity contribution is -0.485. The fourth-order valence-corrected chi connectivity index (χ4v) is 3.14. The summed E-state index contributed by atoms with van der Waals surface area (Å²) in [5.74, 6) is -2.37. The number of hydrogen-bond donors (Lipinski definition) is 5. The highest BCUT2D eigenvalue weighted by atomic mass is 16.7. The number of nitrogens with two attached hydrogens (primary N) is 1. The lowest BCUT2D eigenvalue weighted by Gasteiger charge is -2.21. The van der Waals surface area contributed by atoms with Crippen molar-refractivity contribution >= 4 is 23.9 Å². The third kappa shape index (κ3) is 10.5. The highest BCUT2D eigenvalue weighted by Crippen LogP contribution is 2.06. The minimum Gasteiger partial charge on any atom is -0.480 e. The number of guanidine groups is 1. The number of rotatable bonds is 13. The first-order valence-electron chi connectivity index (χ1n) is 11.0. The van der Waals surface area contributed by atoms with E-state index < -0.39 is 41.0 Å². The molecule has 2 atom stereocenters. The Morgan fingerprint density at radius 3 is 2.19 bits per heavy atom. The molecule has 6 N–H and O–H groups in total. The van der Waals surface area contributed by atoms with Gasteiger partial charge in [-0.25, -0.2) is 19.7 Å². The molecular weight excluding hydrogens is 472 g/mol. The molecule has 13 nitrogen and oxygen atoms in total. The Labute approximate surface area is 206 Å². The summed E-state index contributed by atoms with van der Waals surface area (Å²) in [7, 11) is 0. The van der Waals surface area contributed by atoms with Gasteiger partial charge in [0, 0.05) is 13.0 Å². The molecule has 0 heterocycles. The van der Waals surface area contributed by atoms with Crippen LogP contribution in [0.5, 0.6) is 0 Å². The number of carboxylic acid groups (broad SMARTS) is 1. The standard InChI is InChI=1S/C23H28N6O7/c24-22(28-29(34)35)25-13-7-12-18(27-23(33)36-15-17-10-5-2-6-11-17)20(30)26-19(21(31)32)14-16-8-3-1-4-9-16/h1-6,8-11,18-19H,7,12-15H2,(H,26,30)(H,27,33)(H,31,32)(H3,24,25,28)/t18-,19?/m0/s1. The van der Waals surface area contributed by atoms with Crippen LogP contribution < -0.4 is 21.7 Å². The Kier molecular flexibility index (Phi) is 11.1. The third-order valence-corrected chi connectivity index (χ3v) is 4.88. The van der Waals surface area contributed by atoms with E-state index in [0.29, 0.717) is 5.56 Å². The Hall–Kier alpha value is -4.68. The molecule has 0 spiro atoms. The smallest absolute Gasteiger partial charge is 0.408 e. The van der Waals surface area contributed by atoms with Gasteiger partial charge < -0.3 is 31.5 Å². The second-order valence-corrected chi connectivity index (χ2v) is 7.64. The van der Waals surface area contributed by atoms with E-state index >= 15 is 0 Å². The van der Waals surface area contributed by atoms with Gasteiger partial charge in [-0.15, -0.1) is 0 Å². The zero-order chi connectivity index (χ0) is 26.3. The number of carbonyl (C=O) groups excluding carboxylic acids is 2. The number of carbonyl (C=O) groups is 3. The number of hydrogen-bond acceptors (Lipinski definition) is 6. The van der Waals surface area contributed by atoms with Crippen molar-refractivity contribution in [1.82, 2.24) is 16.0 Å². The quantitative estimate of drug-likeness (QED) is 0.0874. The van der Waals surface area contributed by atoms with Crippen LogP contribution in [0.4, 0.5) is 4.79 Å². The van der Waals surface area contributed by atoms with Crippen LogP contribution in [-0.2, 0) is 27.4 Å². The summed E-state index contributed by atoms with van der Waals surface area (Å²) < 4.78 is 5.17. The molecule has 0 saturated heterocycles. The summed E-state index contributed by atoms with van der Waals surface area (Å²) in [4.78, 5) is 47.4. The second-order valence-electron chi connectivity index (χ2n) is 7.64. The molecule has 0 radical (unpaired) electrons. The van der Waals surface area contributed by atoms with Gasteiger partial charge in [0.2, 0.25) is 5.91 Å². The summed E-state index contributed by atoms with van der Waals surface area (Å²) in [6.45, 7) is 0.0856. The molecule has 0 aliphatic carbocycles. The average molecular weight is 501 g/mol. The molecule has 0 aromatic heterocycles. The van der Waals surface area contributed by atoms with Crippen LogP contribution in [0.25, 0.3) is 0 Å². The number of alkyl carbamates (subject to hydrolysis) is 1. The van der Waals surface area contributed by atoms with Crippen molar-refractivity contribution in [3.05, 3.63) is 81.9 Å². The summed E-state index contributed by atoms with van der Waals surface area (Å²) in [5.41, 5.74) is 6.82. The van der Waals surface area contributed by atoms with Gasteiger partial charge in [-0.3, -0.25) is 4.79 Å². The Morgan fingerprint density at radius 1 is 1.00 bits per heavy atom. The van der Waals surface area contributed by atoms with Gasteiger partial charge in [-0.1, -0.05) is 60.7 Å². The SMILES string of the molecule is N/C(=N/[N+](=O)[O-])NCCC[C@H](NC(=O)OCc1ccccc1)C(=O)NC(Cc1ccccc1)C(=O)O. The molecule has 36 heavy (non-hydrogen) atoms. The molecule has 2 aromatic rings. The molecule has 2 rings (SSSR count). The van der Waals surface area contributed by atoms with E-state index in [-0.39, 0.29) is 32.4 Å².